The quantitative estimate of drug-likeness (QED) is 0.623. The summed E-state index contributed by atoms with van der Waals surface area (Å²) in [7, 11) is 1.44. The summed E-state index contributed by atoms with van der Waals surface area (Å²) in [6.45, 7) is 3.85. The average Bonchev–Trinajstić information content (AvgIpc) is 2.53. The number of benzene rings is 1. The fourth-order valence-electron chi connectivity index (χ4n) is 3.33. The molecule has 0 radical (unpaired) electrons. The van der Waals surface area contributed by atoms with Gasteiger partial charge in [-0.15, -0.1) is 0 Å². The normalized spacial score (nSPS) is 24.5. The Morgan fingerprint density at radius 1 is 1.35 bits per heavy atom. The van der Waals surface area contributed by atoms with Gasteiger partial charge in [0.2, 0.25) is 0 Å². The first kappa shape index (κ1) is 16.0. The molecule has 8 heteroatoms. The first-order chi connectivity index (χ1) is 11.1. The van der Waals surface area contributed by atoms with Crippen LogP contribution >= 0.6 is 0 Å². The van der Waals surface area contributed by atoms with Crippen molar-refractivity contribution in [2.45, 2.75) is 12.2 Å². The number of morpholine rings is 2. The van der Waals surface area contributed by atoms with E-state index >= 15 is 0 Å². The van der Waals surface area contributed by atoms with Gasteiger partial charge in [0.15, 0.2) is 5.75 Å². The minimum Gasteiger partial charge on any atom is -0.490 e. The number of nitro groups is 1. The lowest BCUT2D eigenvalue weighted by molar-refractivity contribution is -0.385. The monoisotopic (exact) mass is 323 g/mol. The number of methoxy groups -OCH3 is 1. The van der Waals surface area contributed by atoms with Crippen molar-refractivity contribution >= 4 is 11.4 Å². The third-order valence-electron chi connectivity index (χ3n) is 4.30. The largest absolute Gasteiger partial charge is 0.490 e. The fraction of sp³-hybridized carbons (Fsp3) is 0.600. The number of nitro benzene ring substituents is 1. The van der Waals surface area contributed by atoms with Crippen molar-refractivity contribution < 1.29 is 19.5 Å². The van der Waals surface area contributed by atoms with Gasteiger partial charge < -0.3 is 19.5 Å². The molecule has 2 atom stereocenters. The lowest BCUT2D eigenvalue weighted by atomic mass is 10.1. The molecule has 23 heavy (non-hydrogen) atoms. The Bertz CT molecular complexity index is 568. The summed E-state index contributed by atoms with van der Waals surface area (Å²) in [4.78, 5) is 14.9. The van der Waals surface area contributed by atoms with Crippen LogP contribution in [0.2, 0.25) is 0 Å². The summed E-state index contributed by atoms with van der Waals surface area (Å²) >= 11 is 0. The number of hydrogen-bond acceptors (Lipinski definition) is 7. The number of anilines is 1. The Hall–Kier alpha value is -1.90. The zero-order valence-corrected chi connectivity index (χ0v) is 13.1. The molecule has 2 unspecified atom stereocenters. The van der Waals surface area contributed by atoms with Crippen LogP contribution < -0.4 is 9.64 Å². The van der Waals surface area contributed by atoms with E-state index in [1.165, 1.54) is 13.2 Å². The lowest BCUT2D eigenvalue weighted by Gasteiger charge is -2.46. The maximum atomic E-state index is 11.0. The molecule has 2 bridgehead atoms. The van der Waals surface area contributed by atoms with Crippen LogP contribution in [0.3, 0.4) is 0 Å². The zero-order chi connectivity index (χ0) is 16.4. The van der Waals surface area contributed by atoms with Gasteiger partial charge in [0.05, 0.1) is 30.8 Å². The van der Waals surface area contributed by atoms with Crippen molar-refractivity contribution in [3.63, 3.8) is 0 Å². The van der Waals surface area contributed by atoms with E-state index in [1.54, 1.807) is 12.1 Å². The van der Waals surface area contributed by atoms with E-state index in [9.17, 15) is 10.1 Å². The van der Waals surface area contributed by atoms with Gasteiger partial charge in [0.1, 0.15) is 0 Å². The summed E-state index contributed by atoms with van der Waals surface area (Å²) in [5, 5.41) is 20.1. The summed E-state index contributed by atoms with van der Waals surface area (Å²) in [5.74, 6) is 0.269. The maximum absolute atomic E-state index is 11.0. The van der Waals surface area contributed by atoms with Gasteiger partial charge in [-0.05, 0) is 6.07 Å². The highest BCUT2D eigenvalue weighted by Gasteiger charge is 2.35. The van der Waals surface area contributed by atoms with Crippen molar-refractivity contribution in [2.75, 3.05) is 51.3 Å². The third kappa shape index (κ3) is 3.39. The van der Waals surface area contributed by atoms with Crippen molar-refractivity contribution in [1.82, 2.24) is 4.90 Å². The molecule has 0 aliphatic carbocycles. The maximum Gasteiger partial charge on any atom is 0.311 e. The Morgan fingerprint density at radius 3 is 2.61 bits per heavy atom. The highest BCUT2D eigenvalue weighted by Crippen LogP contribution is 2.33. The van der Waals surface area contributed by atoms with Crippen LogP contribution in [0, 0.1) is 10.1 Å². The molecule has 0 spiro atoms. The lowest BCUT2D eigenvalue weighted by Crippen LogP contribution is -2.60. The molecule has 2 aliphatic rings. The van der Waals surface area contributed by atoms with Gasteiger partial charge in [-0.2, -0.15) is 0 Å². The van der Waals surface area contributed by atoms with Gasteiger partial charge in [0, 0.05) is 50.5 Å². The molecular formula is C15H21N3O5. The highest BCUT2D eigenvalue weighted by molar-refractivity contribution is 5.59. The van der Waals surface area contributed by atoms with E-state index in [4.69, 9.17) is 14.6 Å². The van der Waals surface area contributed by atoms with Crippen LogP contribution in [0.1, 0.15) is 0 Å². The van der Waals surface area contributed by atoms with E-state index in [2.05, 4.69) is 9.80 Å². The molecule has 0 aromatic heterocycles. The first-order valence-electron chi connectivity index (χ1n) is 7.66. The standard InChI is InChI=1S/C15H21N3O5/c1-22-15-6-11(2-3-14(15)18(20)21)17-9-12-7-16(4-5-19)8-13(10-17)23-12/h2-3,6,12-13,19H,4-5,7-10H2,1H3. The Labute approximate surface area is 134 Å². The number of fused-ring (bicyclic) bond motifs is 2. The third-order valence-corrected chi connectivity index (χ3v) is 4.30. The van der Waals surface area contributed by atoms with Crippen LogP contribution in [0.15, 0.2) is 18.2 Å². The smallest absolute Gasteiger partial charge is 0.311 e. The van der Waals surface area contributed by atoms with Crippen LogP contribution in [-0.2, 0) is 4.74 Å². The topological polar surface area (TPSA) is 88.3 Å². The number of nitrogens with zero attached hydrogens (tertiary/aromatic N) is 3. The fourth-order valence-corrected chi connectivity index (χ4v) is 3.33. The molecule has 2 heterocycles. The van der Waals surface area contributed by atoms with Gasteiger partial charge in [0.25, 0.3) is 0 Å². The van der Waals surface area contributed by atoms with Crippen LogP contribution in [0.25, 0.3) is 0 Å². The van der Waals surface area contributed by atoms with Gasteiger partial charge in [-0.25, -0.2) is 0 Å². The summed E-state index contributed by atoms with van der Waals surface area (Å²) in [6, 6.07) is 4.95. The number of ether oxygens (including phenoxy) is 2. The molecule has 2 aliphatic heterocycles. The number of rotatable bonds is 5. The summed E-state index contributed by atoms with van der Waals surface area (Å²) < 4.78 is 11.1. The van der Waals surface area contributed by atoms with Gasteiger partial charge in [-0.3, -0.25) is 15.0 Å². The van der Waals surface area contributed by atoms with Gasteiger partial charge >= 0.3 is 5.69 Å². The molecule has 2 saturated heterocycles. The molecule has 8 nitrogen and oxygen atoms in total. The van der Waals surface area contributed by atoms with E-state index in [-0.39, 0.29) is 30.3 Å². The SMILES string of the molecule is COc1cc(N2CC3CN(CCO)CC(C2)O3)ccc1[N+](=O)[O-]. The molecule has 1 N–H and O–H groups in total. The number of aliphatic hydroxyl groups is 1. The zero-order valence-electron chi connectivity index (χ0n) is 13.1. The Morgan fingerprint density at radius 2 is 2.04 bits per heavy atom. The second-order valence-corrected chi connectivity index (χ2v) is 5.88. The van der Waals surface area contributed by atoms with Crippen molar-refractivity contribution in [1.29, 1.82) is 0 Å². The minimum absolute atomic E-state index is 0.0289. The van der Waals surface area contributed by atoms with Crippen LogP contribution in [0.5, 0.6) is 5.75 Å². The Balaban J connectivity index is 1.75. The van der Waals surface area contributed by atoms with Crippen molar-refractivity contribution in [3.05, 3.63) is 28.3 Å². The summed E-state index contributed by atoms with van der Waals surface area (Å²) in [5.41, 5.74) is 0.875. The highest BCUT2D eigenvalue weighted by atomic mass is 16.6. The van der Waals surface area contributed by atoms with Gasteiger partial charge in [-0.1, -0.05) is 0 Å². The van der Waals surface area contributed by atoms with Crippen LogP contribution in [0.4, 0.5) is 11.4 Å². The molecule has 1 aromatic rings. The molecule has 2 fully saturated rings. The number of aliphatic hydroxyl groups excluding tert-OH is 1. The molecular weight excluding hydrogens is 302 g/mol. The minimum atomic E-state index is -0.441. The number of hydrogen-bond donors (Lipinski definition) is 1. The van der Waals surface area contributed by atoms with E-state index in [1.807, 2.05) is 0 Å². The molecule has 0 amide bonds. The Kier molecular flexibility index (Phi) is 4.65. The summed E-state index contributed by atoms with van der Waals surface area (Å²) in [6.07, 6.45) is 0.158. The van der Waals surface area contributed by atoms with E-state index < -0.39 is 4.92 Å². The number of β-amino-alcohol motifs (C(OH)–C–C–N with tert-alkyl or cyclic N) is 1. The van der Waals surface area contributed by atoms with E-state index in [0.717, 1.165) is 31.9 Å². The average molecular weight is 323 g/mol. The molecule has 3 rings (SSSR count). The van der Waals surface area contributed by atoms with E-state index in [0.29, 0.717) is 6.54 Å². The van der Waals surface area contributed by atoms with Crippen LogP contribution in [-0.4, -0.2) is 73.6 Å². The molecule has 126 valence electrons. The van der Waals surface area contributed by atoms with Crippen molar-refractivity contribution in [3.8, 4) is 5.75 Å². The second kappa shape index (κ2) is 6.69. The molecule has 1 aromatic carbocycles. The van der Waals surface area contributed by atoms with Crippen molar-refractivity contribution in [2.24, 2.45) is 0 Å². The molecule has 0 saturated carbocycles. The second-order valence-electron chi connectivity index (χ2n) is 5.88. The predicted octanol–water partition coefficient (Wildman–Crippen LogP) is 0.485. The predicted molar refractivity (Wildman–Crippen MR) is 84.0 cm³/mol. The first-order valence-corrected chi connectivity index (χ1v) is 7.66.